The third-order valence-corrected chi connectivity index (χ3v) is 4.06. The molecule has 2 rings (SSSR count). The fourth-order valence-electron chi connectivity index (χ4n) is 2.90. The molecule has 1 saturated carbocycles. The smallest absolute Gasteiger partial charge is 0.225 e. The number of nitrogens with zero attached hydrogens (tertiary/aromatic N) is 2. The van der Waals surface area contributed by atoms with Gasteiger partial charge in [-0.1, -0.05) is 0 Å². The Morgan fingerprint density at radius 1 is 1.48 bits per heavy atom. The number of hydrogen-bond donors (Lipinski definition) is 2. The van der Waals surface area contributed by atoms with Gasteiger partial charge in [-0.25, -0.2) is 0 Å². The normalized spacial score (nSPS) is 25.3. The number of aliphatic hydroxyl groups is 1. The molecule has 6 nitrogen and oxygen atoms in total. The van der Waals surface area contributed by atoms with Crippen LogP contribution in [0.3, 0.4) is 0 Å². The van der Waals surface area contributed by atoms with E-state index in [4.69, 9.17) is 0 Å². The Labute approximate surface area is 126 Å². The summed E-state index contributed by atoms with van der Waals surface area (Å²) in [6.45, 7) is 3.71. The molecule has 0 aromatic carbocycles. The Bertz CT molecular complexity index is 405. The average molecular weight is 297 g/mol. The number of carbonyl (C=O) groups is 2. The van der Waals surface area contributed by atoms with E-state index >= 15 is 0 Å². The van der Waals surface area contributed by atoms with E-state index in [1.807, 2.05) is 23.9 Å². The maximum Gasteiger partial charge on any atom is 0.225 e. The summed E-state index contributed by atoms with van der Waals surface area (Å²) in [7, 11) is 3.75. The molecule has 0 aromatic heterocycles. The first-order valence-corrected chi connectivity index (χ1v) is 7.69. The van der Waals surface area contributed by atoms with Crippen LogP contribution in [0.1, 0.15) is 26.2 Å². The summed E-state index contributed by atoms with van der Waals surface area (Å²) >= 11 is 0. The summed E-state index contributed by atoms with van der Waals surface area (Å²) in [6, 6.07) is 0. The molecular formula is C15H27N3O3. The van der Waals surface area contributed by atoms with Crippen molar-refractivity contribution >= 4 is 11.8 Å². The SMILES string of the molecule is CN(C)CC(C)(O)CNC(=O)C1CC(=O)N(CC2CC2)C1. The Morgan fingerprint density at radius 2 is 2.14 bits per heavy atom. The van der Waals surface area contributed by atoms with Crippen molar-refractivity contribution in [1.29, 1.82) is 0 Å². The Hall–Kier alpha value is -1.14. The monoisotopic (exact) mass is 297 g/mol. The lowest BCUT2D eigenvalue weighted by Crippen LogP contribution is -2.48. The van der Waals surface area contributed by atoms with Crippen LogP contribution < -0.4 is 5.32 Å². The lowest BCUT2D eigenvalue weighted by molar-refractivity contribution is -0.129. The van der Waals surface area contributed by atoms with E-state index in [1.165, 1.54) is 12.8 Å². The van der Waals surface area contributed by atoms with Crippen molar-refractivity contribution in [2.24, 2.45) is 11.8 Å². The Morgan fingerprint density at radius 3 is 2.71 bits per heavy atom. The van der Waals surface area contributed by atoms with Gasteiger partial charge in [-0.2, -0.15) is 0 Å². The summed E-state index contributed by atoms with van der Waals surface area (Å²) in [4.78, 5) is 27.7. The van der Waals surface area contributed by atoms with Crippen LogP contribution in [0.5, 0.6) is 0 Å². The quantitative estimate of drug-likeness (QED) is 0.675. The first-order chi connectivity index (χ1) is 9.77. The fraction of sp³-hybridized carbons (Fsp3) is 0.867. The van der Waals surface area contributed by atoms with E-state index in [1.54, 1.807) is 6.92 Å². The van der Waals surface area contributed by atoms with Crippen molar-refractivity contribution in [3.63, 3.8) is 0 Å². The summed E-state index contributed by atoms with van der Waals surface area (Å²) in [5.41, 5.74) is -0.963. The zero-order valence-electron chi connectivity index (χ0n) is 13.3. The van der Waals surface area contributed by atoms with Crippen molar-refractivity contribution in [1.82, 2.24) is 15.1 Å². The first-order valence-electron chi connectivity index (χ1n) is 7.69. The van der Waals surface area contributed by atoms with Crippen molar-refractivity contribution < 1.29 is 14.7 Å². The van der Waals surface area contributed by atoms with Gasteiger partial charge in [0, 0.05) is 32.6 Å². The number of carbonyl (C=O) groups excluding carboxylic acids is 2. The largest absolute Gasteiger partial charge is 0.387 e. The molecule has 2 amide bonds. The molecule has 1 aliphatic heterocycles. The maximum absolute atomic E-state index is 12.2. The number of hydrogen-bond acceptors (Lipinski definition) is 4. The second-order valence-electron chi connectivity index (χ2n) is 7.10. The molecule has 2 atom stereocenters. The number of amides is 2. The van der Waals surface area contributed by atoms with Gasteiger partial charge in [-0.05, 0) is 39.8 Å². The van der Waals surface area contributed by atoms with E-state index in [0.717, 1.165) is 6.54 Å². The zero-order valence-corrected chi connectivity index (χ0v) is 13.3. The topological polar surface area (TPSA) is 72.9 Å². The summed E-state index contributed by atoms with van der Waals surface area (Å²) in [5, 5.41) is 13.0. The molecule has 2 fully saturated rings. The standard InChI is InChI=1S/C15H27N3O3/c1-15(21,10-17(2)3)9-16-14(20)12-6-13(19)18(8-12)7-11-4-5-11/h11-12,21H,4-10H2,1-3H3,(H,16,20). The van der Waals surface area contributed by atoms with Gasteiger partial charge in [0.15, 0.2) is 0 Å². The predicted octanol–water partition coefficient (Wildman–Crippen LogP) is -0.326. The van der Waals surface area contributed by atoms with Crippen molar-refractivity contribution in [2.45, 2.75) is 31.8 Å². The minimum Gasteiger partial charge on any atom is -0.387 e. The van der Waals surface area contributed by atoms with Gasteiger partial charge in [-0.3, -0.25) is 9.59 Å². The third-order valence-electron chi connectivity index (χ3n) is 4.06. The van der Waals surface area contributed by atoms with Gasteiger partial charge in [0.05, 0.1) is 11.5 Å². The van der Waals surface area contributed by atoms with Crippen molar-refractivity contribution in [3.8, 4) is 0 Å². The molecule has 1 aliphatic carbocycles. The molecule has 1 heterocycles. The van der Waals surface area contributed by atoms with Gasteiger partial charge < -0.3 is 20.2 Å². The summed E-state index contributed by atoms with van der Waals surface area (Å²) in [5.74, 6) is 0.339. The molecule has 2 aliphatic rings. The molecule has 1 saturated heterocycles. The van der Waals surface area contributed by atoms with Crippen LogP contribution in [0.2, 0.25) is 0 Å². The van der Waals surface area contributed by atoms with Crippen LogP contribution in [0.4, 0.5) is 0 Å². The van der Waals surface area contributed by atoms with Crippen LogP contribution >= 0.6 is 0 Å². The van der Waals surface area contributed by atoms with Gasteiger partial charge in [0.2, 0.25) is 11.8 Å². The number of nitrogens with one attached hydrogen (secondary N) is 1. The number of likely N-dealkylation sites (N-methyl/N-ethyl adjacent to an activating group) is 1. The predicted molar refractivity (Wildman–Crippen MR) is 79.6 cm³/mol. The molecule has 21 heavy (non-hydrogen) atoms. The molecule has 2 N–H and O–H groups in total. The van der Waals surface area contributed by atoms with Gasteiger partial charge >= 0.3 is 0 Å². The van der Waals surface area contributed by atoms with E-state index < -0.39 is 5.60 Å². The first kappa shape index (κ1) is 16.2. The molecule has 2 unspecified atom stereocenters. The summed E-state index contributed by atoms with van der Waals surface area (Å²) < 4.78 is 0. The van der Waals surface area contributed by atoms with Gasteiger partial charge in [-0.15, -0.1) is 0 Å². The maximum atomic E-state index is 12.2. The van der Waals surface area contributed by atoms with E-state index in [9.17, 15) is 14.7 Å². The Balaban J connectivity index is 1.77. The highest BCUT2D eigenvalue weighted by Crippen LogP contribution is 2.31. The molecular weight excluding hydrogens is 270 g/mol. The van der Waals surface area contributed by atoms with E-state index in [2.05, 4.69) is 5.32 Å². The van der Waals surface area contributed by atoms with Crippen LogP contribution in [0.15, 0.2) is 0 Å². The van der Waals surface area contributed by atoms with Crippen molar-refractivity contribution in [2.75, 3.05) is 40.3 Å². The van der Waals surface area contributed by atoms with Crippen LogP contribution in [-0.4, -0.2) is 72.6 Å². The Kier molecular flexibility index (Phi) is 4.88. The van der Waals surface area contributed by atoms with Gasteiger partial charge in [0.25, 0.3) is 0 Å². The minimum atomic E-state index is -0.963. The minimum absolute atomic E-state index is 0.0853. The lowest BCUT2D eigenvalue weighted by Gasteiger charge is -2.27. The third kappa shape index (κ3) is 4.97. The molecule has 120 valence electrons. The average Bonchev–Trinajstić information content (AvgIpc) is 3.09. The number of rotatable bonds is 7. The lowest BCUT2D eigenvalue weighted by atomic mass is 10.0. The fourth-order valence-corrected chi connectivity index (χ4v) is 2.90. The van der Waals surface area contributed by atoms with E-state index in [0.29, 0.717) is 25.4 Å². The molecule has 0 radical (unpaired) electrons. The van der Waals surface area contributed by atoms with E-state index in [-0.39, 0.29) is 24.3 Å². The zero-order chi connectivity index (χ0) is 15.6. The van der Waals surface area contributed by atoms with Gasteiger partial charge in [0.1, 0.15) is 0 Å². The van der Waals surface area contributed by atoms with Crippen molar-refractivity contribution in [3.05, 3.63) is 0 Å². The second-order valence-corrected chi connectivity index (χ2v) is 7.10. The van der Waals surface area contributed by atoms with Crippen LogP contribution in [0, 0.1) is 11.8 Å². The summed E-state index contributed by atoms with van der Waals surface area (Å²) in [6.07, 6.45) is 2.70. The van der Waals surface area contributed by atoms with Crippen LogP contribution in [-0.2, 0) is 9.59 Å². The highest BCUT2D eigenvalue weighted by Gasteiger charge is 2.37. The second kappa shape index (κ2) is 6.32. The molecule has 0 spiro atoms. The molecule has 6 heteroatoms. The molecule has 0 aromatic rings. The van der Waals surface area contributed by atoms with Crippen LogP contribution in [0.25, 0.3) is 0 Å². The number of likely N-dealkylation sites (tertiary alicyclic amines) is 1. The highest BCUT2D eigenvalue weighted by atomic mass is 16.3. The highest BCUT2D eigenvalue weighted by molar-refractivity contribution is 5.89. The molecule has 0 bridgehead atoms.